The van der Waals surface area contributed by atoms with Crippen LogP contribution in [0.5, 0.6) is 0 Å². The van der Waals surface area contributed by atoms with E-state index in [0.29, 0.717) is 6.04 Å². The highest BCUT2D eigenvalue weighted by molar-refractivity contribution is 5.86. The van der Waals surface area contributed by atoms with Crippen LogP contribution in [0.3, 0.4) is 0 Å². The molecule has 2 heteroatoms. The third-order valence-corrected chi connectivity index (χ3v) is 5.04. The fraction of sp³-hybridized carbons (Fsp3) is 0.333. The minimum Gasteiger partial charge on any atom is -0.344 e. The van der Waals surface area contributed by atoms with Crippen LogP contribution in [0.2, 0.25) is 0 Å². The molecule has 3 aromatic rings. The zero-order valence-corrected chi connectivity index (χ0v) is 14.0. The molecule has 1 atom stereocenters. The van der Waals surface area contributed by atoms with Crippen LogP contribution in [0.1, 0.15) is 29.3 Å². The van der Waals surface area contributed by atoms with Crippen molar-refractivity contribution in [1.82, 2.24) is 9.88 Å². The summed E-state index contributed by atoms with van der Waals surface area (Å²) in [5.74, 6) is 0. The third-order valence-electron chi connectivity index (χ3n) is 5.04. The van der Waals surface area contributed by atoms with Crippen molar-refractivity contribution in [1.29, 1.82) is 0 Å². The maximum atomic E-state index is 3.62. The van der Waals surface area contributed by atoms with Crippen molar-refractivity contribution in [3.05, 3.63) is 70.9 Å². The molecule has 0 spiro atoms. The van der Waals surface area contributed by atoms with Crippen LogP contribution in [0, 0.1) is 6.92 Å². The van der Waals surface area contributed by atoms with Crippen molar-refractivity contribution < 1.29 is 0 Å². The number of hydrogen-bond acceptors (Lipinski definition) is 1. The van der Waals surface area contributed by atoms with Gasteiger partial charge < -0.3 is 9.88 Å². The predicted molar refractivity (Wildman–Crippen MR) is 96.8 cm³/mol. The van der Waals surface area contributed by atoms with Gasteiger partial charge in [-0.1, -0.05) is 42.0 Å². The second kappa shape index (κ2) is 5.86. The number of hydrogen-bond donors (Lipinski definition) is 1. The van der Waals surface area contributed by atoms with E-state index in [9.17, 15) is 0 Å². The van der Waals surface area contributed by atoms with Gasteiger partial charge in [-0.25, -0.2) is 0 Å². The molecule has 1 aromatic heterocycles. The van der Waals surface area contributed by atoms with Gasteiger partial charge in [0.2, 0.25) is 0 Å². The van der Waals surface area contributed by atoms with Gasteiger partial charge in [-0.2, -0.15) is 0 Å². The number of aromatic nitrogens is 1. The molecule has 4 rings (SSSR count). The number of benzene rings is 2. The molecule has 1 aliphatic heterocycles. The smallest absolute Gasteiger partial charge is 0.0486 e. The second-order valence-electron chi connectivity index (χ2n) is 6.82. The first-order valence-electron chi connectivity index (χ1n) is 8.60. The van der Waals surface area contributed by atoms with Crippen LogP contribution in [0.15, 0.2) is 48.5 Å². The lowest BCUT2D eigenvalue weighted by atomic mass is 10.0. The molecule has 23 heavy (non-hydrogen) atoms. The standard InChI is InChI=1S/C21H24N2/c1-15-8-9-20-18(12-15)19-14-22-16(2)13-21(19)23(20)11-10-17-6-4-3-5-7-17/h3-9,12,16,22H,10-11,13-14H2,1-2H3. The first-order chi connectivity index (χ1) is 11.2. The largest absolute Gasteiger partial charge is 0.344 e. The molecule has 0 aliphatic carbocycles. The molecule has 0 amide bonds. The molecule has 1 N–H and O–H groups in total. The molecular formula is C21H24N2. The van der Waals surface area contributed by atoms with Gasteiger partial charge >= 0.3 is 0 Å². The summed E-state index contributed by atoms with van der Waals surface area (Å²) in [5, 5.41) is 5.06. The van der Waals surface area contributed by atoms with Crippen LogP contribution in [0.4, 0.5) is 0 Å². The Morgan fingerprint density at radius 3 is 2.78 bits per heavy atom. The van der Waals surface area contributed by atoms with Gasteiger partial charge in [0.1, 0.15) is 0 Å². The number of rotatable bonds is 3. The van der Waals surface area contributed by atoms with E-state index in [1.54, 1.807) is 0 Å². The monoisotopic (exact) mass is 304 g/mol. The van der Waals surface area contributed by atoms with Gasteiger partial charge in [0.15, 0.2) is 0 Å². The van der Waals surface area contributed by atoms with Gasteiger partial charge in [-0.3, -0.25) is 0 Å². The highest BCUT2D eigenvalue weighted by Crippen LogP contribution is 2.31. The molecule has 2 heterocycles. The molecular weight excluding hydrogens is 280 g/mol. The van der Waals surface area contributed by atoms with E-state index in [4.69, 9.17) is 0 Å². The SMILES string of the molecule is Cc1ccc2c(c1)c1c(n2CCc2ccccc2)CC(C)NC1. The molecule has 0 saturated carbocycles. The van der Waals surface area contributed by atoms with E-state index in [2.05, 4.69) is 72.3 Å². The topological polar surface area (TPSA) is 17.0 Å². The third kappa shape index (κ3) is 2.68. The van der Waals surface area contributed by atoms with E-state index in [1.165, 1.54) is 33.3 Å². The van der Waals surface area contributed by atoms with Crippen LogP contribution in [-0.2, 0) is 25.9 Å². The summed E-state index contributed by atoms with van der Waals surface area (Å²) in [5.41, 5.74) is 7.20. The Kier molecular flexibility index (Phi) is 3.70. The van der Waals surface area contributed by atoms with Crippen molar-refractivity contribution >= 4 is 10.9 Å². The van der Waals surface area contributed by atoms with Gasteiger partial charge in [0, 0.05) is 42.1 Å². The molecule has 0 bridgehead atoms. The number of aryl methyl sites for hydroxylation is 3. The lowest BCUT2D eigenvalue weighted by Gasteiger charge is -2.23. The van der Waals surface area contributed by atoms with Gasteiger partial charge in [0.25, 0.3) is 0 Å². The van der Waals surface area contributed by atoms with Crippen molar-refractivity contribution in [2.24, 2.45) is 0 Å². The lowest BCUT2D eigenvalue weighted by molar-refractivity contribution is 0.492. The fourth-order valence-electron chi connectivity index (χ4n) is 3.80. The van der Waals surface area contributed by atoms with Gasteiger partial charge in [0.05, 0.1) is 0 Å². The maximum absolute atomic E-state index is 3.62. The first-order valence-corrected chi connectivity index (χ1v) is 8.60. The van der Waals surface area contributed by atoms with E-state index >= 15 is 0 Å². The van der Waals surface area contributed by atoms with Crippen LogP contribution in [-0.4, -0.2) is 10.6 Å². The van der Waals surface area contributed by atoms with Crippen LogP contribution < -0.4 is 5.32 Å². The van der Waals surface area contributed by atoms with Crippen molar-refractivity contribution in [2.45, 2.75) is 45.8 Å². The van der Waals surface area contributed by atoms with Gasteiger partial charge in [-0.05, 0) is 43.5 Å². The molecule has 0 radical (unpaired) electrons. The van der Waals surface area contributed by atoms with Crippen LogP contribution >= 0.6 is 0 Å². The van der Waals surface area contributed by atoms with Crippen molar-refractivity contribution in [3.8, 4) is 0 Å². The minimum atomic E-state index is 0.559. The zero-order valence-electron chi connectivity index (χ0n) is 14.0. The normalized spacial score (nSPS) is 17.4. The lowest BCUT2D eigenvalue weighted by Crippen LogP contribution is -2.33. The number of fused-ring (bicyclic) bond motifs is 3. The number of nitrogens with zero attached hydrogens (tertiary/aromatic N) is 1. The van der Waals surface area contributed by atoms with Crippen molar-refractivity contribution in [3.63, 3.8) is 0 Å². The zero-order chi connectivity index (χ0) is 15.8. The summed E-state index contributed by atoms with van der Waals surface area (Å²) in [6.45, 7) is 6.53. The van der Waals surface area contributed by atoms with E-state index < -0.39 is 0 Å². The Morgan fingerprint density at radius 2 is 1.96 bits per heavy atom. The second-order valence-corrected chi connectivity index (χ2v) is 6.82. The first kappa shape index (κ1) is 14.5. The Hall–Kier alpha value is -2.06. The highest BCUT2D eigenvalue weighted by atomic mass is 15.0. The molecule has 0 saturated heterocycles. The molecule has 118 valence electrons. The summed E-state index contributed by atoms with van der Waals surface area (Å²) in [6.07, 6.45) is 2.21. The molecule has 1 aliphatic rings. The fourth-order valence-corrected chi connectivity index (χ4v) is 3.80. The Morgan fingerprint density at radius 1 is 1.13 bits per heavy atom. The summed E-state index contributed by atoms with van der Waals surface area (Å²) in [7, 11) is 0. The maximum Gasteiger partial charge on any atom is 0.0486 e. The Bertz CT molecular complexity index is 830. The quantitative estimate of drug-likeness (QED) is 0.766. The summed E-state index contributed by atoms with van der Waals surface area (Å²) in [4.78, 5) is 0. The average Bonchev–Trinajstić information content (AvgIpc) is 2.86. The van der Waals surface area contributed by atoms with E-state index in [0.717, 1.165) is 25.9 Å². The average molecular weight is 304 g/mol. The molecule has 2 aromatic carbocycles. The molecule has 0 fully saturated rings. The number of nitrogens with one attached hydrogen (secondary N) is 1. The molecule has 1 unspecified atom stereocenters. The minimum absolute atomic E-state index is 0.559. The van der Waals surface area contributed by atoms with Crippen LogP contribution in [0.25, 0.3) is 10.9 Å². The van der Waals surface area contributed by atoms with E-state index in [1.807, 2.05) is 0 Å². The Balaban J connectivity index is 1.77. The summed E-state index contributed by atoms with van der Waals surface area (Å²) < 4.78 is 2.56. The van der Waals surface area contributed by atoms with Gasteiger partial charge in [-0.15, -0.1) is 0 Å². The molecule has 2 nitrogen and oxygen atoms in total. The van der Waals surface area contributed by atoms with E-state index in [-0.39, 0.29) is 0 Å². The summed E-state index contributed by atoms with van der Waals surface area (Å²) >= 11 is 0. The summed E-state index contributed by atoms with van der Waals surface area (Å²) in [6, 6.07) is 18.3. The highest BCUT2D eigenvalue weighted by Gasteiger charge is 2.22. The van der Waals surface area contributed by atoms with Crippen molar-refractivity contribution in [2.75, 3.05) is 0 Å². The Labute approximate surface area is 138 Å². The predicted octanol–water partition coefficient (Wildman–Crippen LogP) is 4.23.